The lowest BCUT2D eigenvalue weighted by atomic mass is 10.1. The minimum absolute atomic E-state index is 0.0145. The molecule has 2 atom stereocenters. The van der Waals surface area contributed by atoms with Gasteiger partial charge in [-0.3, -0.25) is 0 Å². The van der Waals surface area contributed by atoms with Crippen LogP contribution in [0.2, 0.25) is 0 Å². The SMILES string of the molecule is COc1ccc(F)c(NC(=O)NC(C)CC(O)c2ccco2)c1. The van der Waals surface area contributed by atoms with E-state index in [4.69, 9.17) is 9.15 Å². The van der Waals surface area contributed by atoms with Crippen LogP contribution in [0, 0.1) is 5.82 Å². The Morgan fingerprint density at radius 1 is 1.43 bits per heavy atom. The number of benzene rings is 1. The molecular weight excluding hydrogens is 303 g/mol. The van der Waals surface area contributed by atoms with Crippen LogP contribution < -0.4 is 15.4 Å². The molecule has 0 bridgehead atoms. The summed E-state index contributed by atoms with van der Waals surface area (Å²) in [5.74, 6) is 0.296. The molecule has 2 amide bonds. The molecular formula is C16H19FN2O4. The van der Waals surface area contributed by atoms with Crippen molar-refractivity contribution in [3.63, 3.8) is 0 Å². The lowest BCUT2D eigenvalue weighted by Gasteiger charge is -2.17. The Labute approximate surface area is 133 Å². The van der Waals surface area contributed by atoms with Crippen LogP contribution in [0.25, 0.3) is 0 Å². The zero-order valence-electron chi connectivity index (χ0n) is 12.9. The van der Waals surface area contributed by atoms with Crippen molar-refractivity contribution in [1.82, 2.24) is 5.32 Å². The second kappa shape index (κ2) is 7.64. The number of aliphatic hydroxyl groups excluding tert-OH is 1. The Morgan fingerprint density at radius 2 is 2.22 bits per heavy atom. The number of ether oxygens (including phenoxy) is 1. The number of amides is 2. The van der Waals surface area contributed by atoms with Gasteiger partial charge in [0.2, 0.25) is 0 Å². The van der Waals surface area contributed by atoms with Gasteiger partial charge < -0.3 is 24.9 Å². The van der Waals surface area contributed by atoms with E-state index in [0.717, 1.165) is 0 Å². The van der Waals surface area contributed by atoms with E-state index in [2.05, 4.69) is 10.6 Å². The standard InChI is InChI=1S/C16H19FN2O4/c1-10(8-14(20)15-4-3-7-23-15)18-16(21)19-13-9-11(22-2)5-6-12(13)17/h3-7,9-10,14,20H,8H2,1-2H3,(H2,18,19,21). The smallest absolute Gasteiger partial charge is 0.319 e. The summed E-state index contributed by atoms with van der Waals surface area (Å²) >= 11 is 0. The molecule has 0 radical (unpaired) electrons. The predicted molar refractivity (Wildman–Crippen MR) is 82.9 cm³/mol. The fourth-order valence-corrected chi connectivity index (χ4v) is 2.10. The lowest BCUT2D eigenvalue weighted by Crippen LogP contribution is -2.37. The third-order valence-electron chi connectivity index (χ3n) is 3.25. The van der Waals surface area contributed by atoms with Crippen LogP contribution in [0.15, 0.2) is 41.0 Å². The van der Waals surface area contributed by atoms with Gasteiger partial charge in [0.15, 0.2) is 0 Å². The Morgan fingerprint density at radius 3 is 2.87 bits per heavy atom. The number of halogens is 1. The number of carbonyl (C=O) groups is 1. The van der Waals surface area contributed by atoms with Gasteiger partial charge in [0.1, 0.15) is 23.4 Å². The summed E-state index contributed by atoms with van der Waals surface area (Å²) in [6.07, 6.45) is 0.907. The van der Waals surface area contributed by atoms with Crippen molar-refractivity contribution >= 4 is 11.7 Å². The third-order valence-corrected chi connectivity index (χ3v) is 3.25. The van der Waals surface area contributed by atoms with Crippen LogP contribution in [0.1, 0.15) is 25.2 Å². The lowest BCUT2D eigenvalue weighted by molar-refractivity contribution is 0.130. The van der Waals surface area contributed by atoms with E-state index in [1.807, 2.05) is 0 Å². The number of aliphatic hydroxyl groups is 1. The average Bonchev–Trinajstić information content (AvgIpc) is 3.03. The van der Waals surface area contributed by atoms with Crippen molar-refractivity contribution in [2.75, 3.05) is 12.4 Å². The number of anilines is 1. The van der Waals surface area contributed by atoms with Crippen LogP contribution in [0.5, 0.6) is 5.75 Å². The first-order chi connectivity index (χ1) is 11.0. The maximum absolute atomic E-state index is 13.6. The molecule has 0 spiro atoms. The van der Waals surface area contributed by atoms with E-state index in [1.165, 1.54) is 31.6 Å². The molecule has 2 rings (SSSR count). The number of urea groups is 1. The summed E-state index contributed by atoms with van der Waals surface area (Å²) in [7, 11) is 1.45. The number of methoxy groups -OCH3 is 1. The molecule has 7 heteroatoms. The van der Waals surface area contributed by atoms with Gasteiger partial charge in [-0.1, -0.05) is 0 Å². The Kier molecular flexibility index (Phi) is 5.59. The van der Waals surface area contributed by atoms with Crippen LogP contribution >= 0.6 is 0 Å². The summed E-state index contributed by atoms with van der Waals surface area (Å²) < 4.78 is 23.7. The van der Waals surface area contributed by atoms with Crippen molar-refractivity contribution in [1.29, 1.82) is 0 Å². The van der Waals surface area contributed by atoms with Gasteiger partial charge in [-0.05, 0) is 31.2 Å². The van der Waals surface area contributed by atoms with Crippen molar-refractivity contribution in [3.8, 4) is 5.75 Å². The molecule has 2 unspecified atom stereocenters. The molecule has 3 N–H and O–H groups in total. The van der Waals surface area contributed by atoms with Gasteiger partial charge in [0.25, 0.3) is 0 Å². The first-order valence-electron chi connectivity index (χ1n) is 7.12. The molecule has 0 aliphatic heterocycles. The summed E-state index contributed by atoms with van der Waals surface area (Å²) in [6, 6.07) is 6.47. The number of hydrogen-bond acceptors (Lipinski definition) is 4. The first kappa shape index (κ1) is 16.8. The normalized spacial score (nSPS) is 13.2. The fourth-order valence-electron chi connectivity index (χ4n) is 2.10. The molecule has 1 heterocycles. The second-order valence-electron chi connectivity index (χ2n) is 5.11. The van der Waals surface area contributed by atoms with E-state index in [9.17, 15) is 14.3 Å². The maximum atomic E-state index is 13.6. The predicted octanol–water partition coefficient (Wildman–Crippen LogP) is 3.06. The van der Waals surface area contributed by atoms with Crippen molar-refractivity contribution in [2.24, 2.45) is 0 Å². The molecule has 23 heavy (non-hydrogen) atoms. The highest BCUT2D eigenvalue weighted by molar-refractivity contribution is 5.89. The Hall–Kier alpha value is -2.54. The van der Waals surface area contributed by atoms with E-state index >= 15 is 0 Å². The van der Waals surface area contributed by atoms with E-state index in [0.29, 0.717) is 11.5 Å². The zero-order valence-corrected chi connectivity index (χ0v) is 12.9. The first-order valence-corrected chi connectivity index (χ1v) is 7.12. The number of hydrogen-bond donors (Lipinski definition) is 3. The van der Waals surface area contributed by atoms with Gasteiger partial charge in [0, 0.05) is 18.5 Å². The Balaban J connectivity index is 1.89. The minimum Gasteiger partial charge on any atom is -0.497 e. The van der Waals surface area contributed by atoms with Crippen LogP contribution in [0.4, 0.5) is 14.9 Å². The number of carbonyl (C=O) groups excluding carboxylic acids is 1. The topological polar surface area (TPSA) is 83.7 Å². The monoisotopic (exact) mass is 322 g/mol. The molecule has 1 aromatic heterocycles. The molecule has 0 saturated heterocycles. The fraction of sp³-hybridized carbons (Fsp3) is 0.312. The molecule has 6 nitrogen and oxygen atoms in total. The zero-order chi connectivity index (χ0) is 16.8. The van der Waals surface area contributed by atoms with Crippen molar-refractivity contribution < 1.29 is 23.4 Å². The molecule has 0 saturated carbocycles. The second-order valence-corrected chi connectivity index (χ2v) is 5.11. The average molecular weight is 322 g/mol. The van der Waals surface area contributed by atoms with Crippen LogP contribution in [0.3, 0.4) is 0 Å². The highest BCUT2D eigenvalue weighted by Crippen LogP contribution is 2.21. The van der Waals surface area contributed by atoms with Gasteiger partial charge >= 0.3 is 6.03 Å². The summed E-state index contributed by atoms with van der Waals surface area (Å²) in [6.45, 7) is 1.73. The van der Waals surface area contributed by atoms with Crippen molar-refractivity contribution in [3.05, 3.63) is 48.2 Å². The van der Waals surface area contributed by atoms with E-state index in [-0.39, 0.29) is 18.2 Å². The number of rotatable bonds is 6. The number of nitrogens with one attached hydrogen (secondary N) is 2. The van der Waals surface area contributed by atoms with Gasteiger partial charge in [-0.2, -0.15) is 0 Å². The summed E-state index contributed by atoms with van der Waals surface area (Å²) in [5.41, 5.74) is 0.0145. The molecule has 0 fully saturated rings. The van der Waals surface area contributed by atoms with Crippen LogP contribution in [-0.4, -0.2) is 24.3 Å². The third kappa shape index (κ3) is 4.72. The quantitative estimate of drug-likeness (QED) is 0.763. The molecule has 0 aliphatic rings. The van der Waals surface area contributed by atoms with Gasteiger partial charge in [0.05, 0.1) is 19.1 Å². The van der Waals surface area contributed by atoms with Crippen molar-refractivity contribution in [2.45, 2.75) is 25.5 Å². The molecule has 0 aliphatic carbocycles. The Bertz CT molecular complexity index is 646. The maximum Gasteiger partial charge on any atom is 0.319 e. The highest BCUT2D eigenvalue weighted by atomic mass is 19.1. The van der Waals surface area contributed by atoms with Gasteiger partial charge in [-0.15, -0.1) is 0 Å². The summed E-state index contributed by atoms with van der Waals surface area (Å²) in [5, 5.41) is 15.0. The highest BCUT2D eigenvalue weighted by Gasteiger charge is 2.17. The van der Waals surface area contributed by atoms with Gasteiger partial charge in [-0.25, -0.2) is 9.18 Å². The van der Waals surface area contributed by atoms with Crippen LogP contribution in [-0.2, 0) is 0 Å². The van der Waals surface area contributed by atoms with E-state index < -0.39 is 18.0 Å². The minimum atomic E-state index is -0.825. The number of furan rings is 1. The summed E-state index contributed by atoms with van der Waals surface area (Å²) in [4.78, 5) is 11.9. The van der Waals surface area contributed by atoms with E-state index in [1.54, 1.807) is 19.1 Å². The molecule has 1 aromatic carbocycles. The largest absolute Gasteiger partial charge is 0.497 e. The molecule has 2 aromatic rings. The molecule has 124 valence electrons.